The Kier molecular flexibility index (Phi) is 5.42. The molecule has 4 heteroatoms. The summed E-state index contributed by atoms with van der Waals surface area (Å²) in [6.07, 6.45) is 1.18. The molecule has 26 heavy (non-hydrogen) atoms. The van der Waals surface area contributed by atoms with Crippen molar-refractivity contribution in [3.8, 4) is 11.5 Å². The van der Waals surface area contributed by atoms with Gasteiger partial charge in [0.15, 0.2) is 0 Å². The van der Waals surface area contributed by atoms with Crippen LogP contribution in [0.1, 0.15) is 36.9 Å². The van der Waals surface area contributed by atoms with E-state index in [1.54, 1.807) is 13.2 Å². The summed E-state index contributed by atoms with van der Waals surface area (Å²) >= 11 is 0. The average molecular weight is 349 g/mol. The highest BCUT2D eigenvalue weighted by molar-refractivity contribution is 5.89. The van der Waals surface area contributed by atoms with Crippen molar-refractivity contribution in [2.75, 3.05) is 7.11 Å². The molecule has 0 aliphatic heterocycles. The summed E-state index contributed by atoms with van der Waals surface area (Å²) < 4.78 is 5.51. The molecule has 3 rings (SSSR count). The van der Waals surface area contributed by atoms with Gasteiger partial charge in [-0.05, 0) is 29.3 Å². The van der Waals surface area contributed by atoms with Gasteiger partial charge in [0.05, 0.1) is 13.2 Å². The maximum atomic E-state index is 12.4. The van der Waals surface area contributed by atoms with Gasteiger partial charge in [-0.2, -0.15) is 0 Å². The van der Waals surface area contributed by atoms with Crippen LogP contribution in [0, 0.1) is 0 Å². The monoisotopic (exact) mass is 349 g/mol. The zero-order valence-corrected chi connectivity index (χ0v) is 15.0. The number of hydrogen-bond donors (Lipinski definition) is 2. The summed E-state index contributed by atoms with van der Waals surface area (Å²) in [4.78, 5) is 12.4. The third kappa shape index (κ3) is 3.49. The second kappa shape index (κ2) is 7.91. The van der Waals surface area contributed by atoms with Crippen molar-refractivity contribution >= 4 is 16.7 Å². The van der Waals surface area contributed by atoms with Crippen molar-refractivity contribution in [3.05, 3.63) is 71.8 Å². The lowest BCUT2D eigenvalue weighted by Gasteiger charge is -2.24. The minimum absolute atomic E-state index is 0.0595. The van der Waals surface area contributed by atoms with Crippen LogP contribution in [-0.2, 0) is 4.79 Å². The lowest BCUT2D eigenvalue weighted by molar-refractivity contribution is -0.121. The zero-order valence-electron chi connectivity index (χ0n) is 15.0. The summed E-state index contributed by atoms with van der Waals surface area (Å²) in [5, 5.41) is 15.6. The molecule has 0 aromatic heterocycles. The highest BCUT2D eigenvalue weighted by Gasteiger charge is 2.24. The van der Waals surface area contributed by atoms with E-state index in [1.807, 2.05) is 61.5 Å². The van der Waals surface area contributed by atoms with Crippen LogP contribution in [0.3, 0.4) is 0 Å². The fourth-order valence-electron chi connectivity index (χ4n) is 3.26. The van der Waals surface area contributed by atoms with Gasteiger partial charge < -0.3 is 15.2 Å². The number of phenols is 1. The smallest absolute Gasteiger partial charge is 0.220 e. The van der Waals surface area contributed by atoms with Gasteiger partial charge in [0, 0.05) is 17.5 Å². The van der Waals surface area contributed by atoms with Gasteiger partial charge in [0.1, 0.15) is 11.5 Å². The first kappa shape index (κ1) is 17.8. The molecule has 3 aromatic rings. The van der Waals surface area contributed by atoms with Gasteiger partial charge in [-0.1, -0.05) is 55.5 Å². The molecule has 0 spiro atoms. The van der Waals surface area contributed by atoms with E-state index in [1.165, 1.54) is 0 Å². The van der Waals surface area contributed by atoms with Crippen molar-refractivity contribution in [1.29, 1.82) is 0 Å². The number of methoxy groups -OCH3 is 1. The quantitative estimate of drug-likeness (QED) is 0.686. The third-order valence-electron chi connectivity index (χ3n) is 4.47. The van der Waals surface area contributed by atoms with E-state index in [-0.39, 0.29) is 11.7 Å². The number of nitrogens with one attached hydrogen (secondary N) is 1. The Morgan fingerprint density at radius 3 is 2.58 bits per heavy atom. The van der Waals surface area contributed by atoms with E-state index >= 15 is 0 Å². The van der Waals surface area contributed by atoms with E-state index < -0.39 is 6.04 Å². The molecule has 0 aliphatic carbocycles. The molecule has 2 N–H and O–H groups in total. The van der Waals surface area contributed by atoms with E-state index in [9.17, 15) is 9.90 Å². The molecule has 0 fully saturated rings. The summed E-state index contributed by atoms with van der Waals surface area (Å²) in [5.41, 5.74) is 1.49. The molecule has 0 saturated carbocycles. The molecule has 0 unspecified atom stereocenters. The van der Waals surface area contributed by atoms with Crippen LogP contribution in [-0.4, -0.2) is 18.1 Å². The summed E-state index contributed by atoms with van der Waals surface area (Å²) in [5.74, 6) is 0.758. The van der Waals surface area contributed by atoms with E-state index in [2.05, 4.69) is 5.32 Å². The Hall–Kier alpha value is -3.01. The Balaban J connectivity index is 2.21. The van der Waals surface area contributed by atoms with Gasteiger partial charge >= 0.3 is 0 Å². The standard InChI is InChI=1S/C22H23NO3/c1-3-8-20(25)23-22(17-11-6-7-12-19(17)26-2)21-16-10-5-4-9-15(16)13-14-18(21)24/h4-7,9-14,22,24H,3,8H2,1-2H3,(H,23,25)/t22-/m0/s1. The molecule has 1 amide bonds. The number of aromatic hydroxyl groups is 1. The van der Waals surface area contributed by atoms with Gasteiger partial charge in [0.2, 0.25) is 5.91 Å². The molecule has 0 bridgehead atoms. The van der Waals surface area contributed by atoms with Gasteiger partial charge in [-0.25, -0.2) is 0 Å². The first-order chi connectivity index (χ1) is 12.7. The Bertz CT molecular complexity index is 920. The first-order valence-electron chi connectivity index (χ1n) is 8.78. The summed E-state index contributed by atoms with van der Waals surface area (Å²) in [6.45, 7) is 1.97. The maximum Gasteiger partial charge on any atom is 0.220 e. The second-order valence-corrected chi connectivity index (χ2v) is 6.21. The number of hydrogen-bond acceptors (Lipinski definition) is 3. The average Bonchev–Trinajstić information content (AvgIpc) is 2.67. The lowest BCUT2D eigenvalue weighted by Crippen LogP contribution is -2.29. The van der Waals surface area contributed by atoms with Crippen molar-refractivity contribution in [1.82, 2.24) is 5.32 Å². The van der Waals surface area contributed by atoms with E-state index in [4.69, 9.17) is 4.74 Å². The molecule has 134 valence electrons. The van der Waals surface area contributed by atoms with Crippen LogP contribution in [0.2, 0.25) is 0 Å². The Morgan fingerprint density at radius 1 is 1.08 bits per heavy atom. The second-order valence-electron chi connectivity index (χ2n) is 6.21. The Morgan fingerprint density at radius 2 is 1.81 bits per heavy atom. The van der Waals surface area contributed by atoms with Gasteiger partial charge in [0.25, 0.3) is 0 Å². The fourth-order valence-corrected chi connectivity index (χ4v) is 3.26. The number of benzene rings is 3. The van der Waals surface area contributed by atoms with Crippen LogP contribution in [0.15, 0.2) is 60.7 Å². The van der Waals surface area contributed by atoms with E-state index in [0.29, 0.717) is 17.7 Å². The highest BCUT2D eigenvalue weighted by atomic mass is 16.5. The molecule has 0 radical (unpaired) electrons. The highest BCUT2D eigenvalue weighted by Crippen LogP contribution is 2.38. The number of carbonyl (C=O) groups excluding carboxylic acids is 1. The topological polar surface area (TPSA) is 58.6 Å². The van der Waals surface area contributed by atoms with Crippen LogP contribution < -0.4 is 10.1 Å². The predicted octanol–water partition coefficient (Wildman–Crippen LogP) is 4.56. The maximum absolute atomic E-state index is 12.4. The minimum Gasteiger partial charge on any atom is -0.508 e. The third-order valence-corrected chi connectivity index (χ3v) is 4.47. The number of fused-ring (bicyclic) bond motifs is 1. The number of carbonyl (C=O) groups is 1. The number of amides is 1. The molecule has 4 nitrogen and oxygen atoms in total. The number of rotatable bonds is 6. The SMILES string of the molecule is CCCC(=O)N[C@@H](c1ccccc1OC)c1c(O)ccc2ccccc12. The van der Waals surface area contributed by atoms with Crippen LogP contribution in [0.4, 0.5) is 0 Å². The molecular formula is C22H23NO3. The molecule has 0 heterocycles. The van der Waals surface area contributed by atoms with Crippen LogP contribution in [0.25, 0.3) is 10.8 Å². The molecular weight excluding hydrogens is 326 g/mol. The molecule has 0 aliphatic rings. The number of ether oxygens (including phenoxy) is 1. The summed E-state index contributed by atoms with van der Waals surface area (Å²) in [7, 11) is 1.60. The first-order valence-corrected chi connectivity index (χ1v) is 8.78. The van der Waals surface area contributed by atoms with Gasteiger partial charge in [-0.3, -0.25) is 4.79 Å². The molecule has 1 atom stereocenters. The van der Waals surface area contributed by atoms with Crippen molar-refractivity contribution < 1.29 is 14.6 Å². The van der Waals surface area contributed by atoms with Crippen molar-refractivity contribution in [3.63, 3.8) is 0 Å². The van der Waals surface area contributed by atoms with Crippen LogP contribution in [0.5, 0.6) is 11.5 Å². The van der Waals surface area contributed by atoms with Gasteiger partial charge in [-0.15, -0.1) is 0 Å². The van der Waals surface area contributed by atoms with E-state index in [0.717, 1.165) is 22.8 Å². The van der Waals surface area contributed by atoms with Crippen molar-refractivity contribution in [2.45, 2.75) is 25.8 Å². The summed E-state index contributed by atoms with van der Waals surface area (Å²) in [6, 6.07) is 18.4. The van der Waals surface area contributed by atoms with Crippen LogP contribution >= 0.6 is 0 Å². The predicted molar refractivity (Wildman–Crippen MR) is 104 cm³/mol. The van der Waals surface area contributed by atoms with Crippen molar-refractivity contribution in [2.24, 2.45) is 0 Å². The minimum atomic E-state index is -0.503. The number of phenolic OH excluding ortho intramolecular Hbond substituents is 1. The normalized spacial score (nSPS) is 11.9. The largest absolute Gasteiger partial charge is 0.508 e. The number of para-hydroxylation sites is 1. The Labute approximate surface area is 153 Å². The lowest BCUT2D eigenvalue weighted by atomic mass is 9.92. The fraction of sp³-hybridized carbons (Fsp3) is 0.227. The molecule has 3 aromatic carbocycles. The molecule has 0 saturated heterocycles. The zero-order chi connectivity index (χ0) is 18.5.